The van der Waals surface area contributed by atoms with Gasteiger partial charge in [-0.15, -0.1) is 0 Å². The fourth-order valence-electron chi connectivity index (χ4n) is 3.12. The van der Waals surface area contributed by atoms with Crippen molar-refractivity contribution in [1.82, 2.24) is 14.7 Å². The Hall–Kier alpha value is -1.30. The molecule has 0 spiro atoms. The van der Waals surface area contributed by atoms with Gasteiger partial charge < -0.3 is 19.8 Å². The summed E-state index contributed by atoms with van der Waals surface area (Å²) in [5, 5.41) is 9.17. The highest BCUT2D eigenvalue weighted by Gasteiger charge is 2.39. The van der Waals surface area contributed by atoms with Gasteiger partial charge in [-0.3, -0.25) is 0 Å². The average molecular weight is 269 g/mol. The molecule has 2 amide bonds. The standard InChI is InChI=1S/C13H23N3O3/c1-14(2)9-10-5-3-7-15(10)13(19)16-8-4-6-11(16)12(17)18/h10-11H,3-9H2,1-2H3,(H,17,18)/t10?,11-/m0/s1. The number of aliphatic carboxylic acids is 1. The maximum atomic E-state index is 12.5. The van der Waals surface area contributed by atoms with E-state index in [1.54, 1.807) is 0 Å². The topological polar surface area (TPSA) is 64.1 Å². The lowest BCUT2D eigenvalue weighted by atomic mass is 10.2. The van der Waals surface area contributed by atoms with Gasteiger partial charge >= 0.3 is 12.0 Å². The largest absolute Gasteiger partial charge is 0.480 e. The number of carbonyl (C=O) groups excluding carboxylic acids is 1. The number of hydrogen-bond donors (Lipinski definition) is 1. The number of carboxylic acid groups (broad SMARTS) is 1. The van der Waals surface area contributed by atoms with Gasteiger partial charge in [-0.25, -0.2) is 9.59 Å². The van der Waals surface area contributed by atoms with Crippen LogP contribution < -0.4 is 0 Å². The van der Waals surface area contributed by atoms with Crippen LogP contribution in [0.1, 0.15) is 25.7 Å². The van der Waals surface area contributed by atoms with Gasteiger partial charge in [0.1, 0.15) is 6.04 Å². The second-order valence-corrected chi connectivity index (χ2v) is 5.72. The van der Waals surface area contributed by atoms with Gasteiger partial charge in [-0.2, -0.15) is 0 Å². The first-order valence-corrected chi connectivity index (χ1v) is 6.95. The molecule has 0 bridgehead atoms. The molecule has 6 heteroatoms. The van der Waals surface area contributed by atoms with Gasteiger partial charge in [-0.1, -0.05) is 0 Å². The zero-order valence-corrected chi connectivity index (χ0v) is 11.7. The fourth-order valence-corrected chi connectivity index (χ4v) is 3.12. The molecule has 2 aliphatic rings. The van der Waals surface area contributed by atoms with Crippen molar-refractivity contribution in [3.8, 4) is 0 Å². The van der Waals surface area contributed by atoms with E-state index in [1.807, 2.05) is 19.0 Å². The number of amides is 2. The van der Waals surface area contributed by atoms with Gasteiger partial charge in [0, 0.05) is 25.7 Å². The molecule has 2 saturated heterocycles. The van der Waals surface area contributed by atoms with Crippen molar-refractivity contribution in [3.05, 3.63) is 0 Å². The Bertz CT molecular complexity index is 359. The van der Waals surface area contributed by atoms with Crippen LogP contribution in [0.25, 0.3) is 0 Å². The molecule has 0 aliphatic carbocycles. The Morgan fingerprint density at radius 3 is 2.42 bits per heavy atom. The summed E-state index contributed by atoms with van der Waals surface area (Å²) in [6.07, 6.45) is 3.38. The van der Waals surface area contributed by atoms with Crippen LogP contribution in [0.15, 0.2) is 0 Å². The average Bonchev–Trinajstić information content (AvgIpc) is 2.94. The predicted molar refractivity (Wildman–Crippen MR) is 71.0 cm³/mol. The van der Waals surface area contributed by atoms with E-state index in [0.29, 0.717) is 13.0 Å². The number of rotatable bonds is 3. The van der Waals surface area contributed by atoms with E-state index >= 15 is 0 Å². The molecule has 2 rings (SSSR count). The molecule has 0 radical (unpaired) electrons. The molecule has 0 aromatic rings. The molecule has 0 aromatic heterocycles. The van der Waals surface area contributed by atoms with Crippen LogP contribution in [-0.4, -0.2) is 77.6 Å². The van der Waals surface area contributed by atoms with Crippen LogP contribution in [-0.2, 0) is 4.79 Å². The lowest BCUT2D eigenvalue weighted by Crippen LogP contribution is -2.51. The van der Waals surface area contributed by atoms with Crippen molar-refractivity contribution in [2.75, 3.05) is 33.7 Å². The minimum absolute atomic E-state index is 0.0887. The maximum absolute atomic E-state index is 12.5. The van der Waals surface area contributed by atoms with Gasteiger partial charge in [0.05, 0.1) is 0 Å². The van der Waals surface area contributed by atoms with Crippen molar-refractivity contribution in [1.29, 1.82) is 0 Å². The van der Waals surface area contributed by atoms with Crippen LogP contribution in [0.4, 0.5) is 4.79 Å². The second-order valence-electron chi connectivity index (χ2n) is 5.72. The number of carboxylic acids is 1. The number of nitrogens with zero attached hydrogens (tertiary/aromatic N) is 3. The first-order valence-electron chi connectivity index (χ1n) is 6.95. The number of likely N-dealkylation sites (tertiary alicyclic amines) is 2. The predicted octanol–water partition coefficient (Wildman–Crippen LogP) is 0.681. The van der Waals surface area contributed by atoms with Crippen molar-refractivity contribution in [2.45, 2.75) is 37.8 Å². The van der Waals surface area contributed by atoms with Crippen LogP contribution in [0, 0.1) is 0 Å². The maximum Gasteiger partial charge on any atom is 0.326 e. The lowest BCUT2D eigenvalue weighted by molar-refractivity contribution is -0.141. The van der Waals surface area contributed by atoms with Crippen molar-refractivity contribution in [3.63, 3.8) is 0 Å². The Morgan fingerprint density at radius 1 is 1.16 bits per heavy atom. The minimum atomic E-state index is -0.880. The van der Waals surface area contributed by atoms with E-state index in [9.17, 15) is 9.59 Å². The quantitative estimate of drug-likeness (QED) is 0.818. The fraction of sp³-hybridized carbons (Fsp3) is 0.846. The van der Waals surface area contributed by atoms with Crippen molar-refractivity contribution >= 4 is 12.0 Å². The molecule has 2 heterocycles. The second kappa shape index (κ2) is 5.77. The third-order valence-electron chi connectivity index (χ3n) is 3.98. The summed E-state index contributed by atoms with van der Waals surface area (Å²) in [6.45, 7) is 2.17. The molecule has 108 valence electrons. The Labute approximate surface area is 114 Å². The van der Waals surface area contributed by atoms with Crippen LogP contribution in [0.5, 0.6) is 0 Å². The van der Waals surface area contributed by atoms with Gasteiger partial charge in [0.15, 0.2) is 0 Å². The highest BCUT2D eigenvalue weighted by Crippen LogP contribution is 2.24. The van der Waals surface area contributed by atoms with Gasteiger partial charge in [0.2, 0.25) is 0 Å². The summed E-state index contributed by atoms with van der Waals surface area (Å²) in [5.41, 5.74) is 0. The smallest absolute Gasteiger partial charge is 0.326 e. The Balaban J connectivity index is 2.04. The normalized spacial score (nSPS) is 27.3. The zero-order chi connectivity index (χ0) is 14.0. The molecule has 0 aromatic carbocycles. The molecule has 0 saturated carbocycles. The zero-order valence-electron chi connectivity index (χ0n) is 11.7. The van der Waals surface area contributed by atoms with E-state index in [4.69, 9.17) is 5.11 Å². The summed E-state index contributed by atoms with van der Waals surface area (Å²) in [5.74, 6) is -0.880. The summed E-state index contributed by atoms with van der Waals surface area (Å²) >= 11 is 0. The SMILES string of the molecule is CN(C)CC1CCCN1C(=O)N1CCC[C@H]1C(=O)O. The van der Waals surface area contributed by atoms with E-state index in [-0.39, 0.29) is 12.1 Å². The summed E-state index contributed by atoms with van der Waals surface area (Å²) in [7, 11) is 3.99. The molecule has 2 aliphatic heterocycles. The summed E-state index contributed by atoms with van der Waals surface area (Å²) in [6, 6.07) is -0.500. The summed E-state index contributed by atoms with van der Waals surface area (Å²) < 4.78 is 0. The number of likely N-dealkylation sites (N-methyl/N-ethyl adjacent to an activating group) is 1. The Morgan fingerprint density at radius 2 is 1.79 bits per heavy atom. The first-order chi connectivity index (χ1) is 9.00. The van der Waals surface area contributed by atoms with E-state index in [1.165, 1.54) is 4.90 Å². The molecule has 1 N–H and O–H groups in total. The molecule has 19 heavy (non-hydrogen) atoms. The van der Waals surface area contributed by atoms with Crippen molar-refractivity contribution in [2.24, 2.45) is 0 Å². The first kappa shape index (κ1) is 14.1. The van der Waals surface area contributed by atoms with E-state index < -0.39 is 12.0 Å². The monoisotopic (exact) mass is 269 g/mol. The molecular formula is C13H23N3O3. The molecular weight excluding hydrogens is 246 g/mol. The Kier molecular flexibility index (Phi) is 4.29. The molecule has 2 fully saturated rings. The van der Waals surface area contributed by atoms with Crippen LogP contribution >= 0.6 is 0 Å². The highest BCUT2D eigenvalue weighted by molar-refractivity contribution is 5.83. The van der Waals surface area contributed by atoms with Gasteiger partial charge in [-0.05, 0) is 39.8 Å². The minimum Gasteiger partial charge on any atom is -0.480 e. The molecule has 2 atom stereocenters. The highest BCUT2D eigenvalue weighted by atomic mass is 16.4. The van der Waals surface area contributed by atoms with Crippen LogP contribution in [0.2, 0.25) is 0 Å². The number of urea groups is 1. The molecule has 6 nitrogen and oxygen atoms in total. The third kappa shape index (κ3) is 3.00. The lowest BCUT2D eigenvalue weighted by Gasteiger charge is -2.32. The van der Waals surface area contributed by atoms with Crippen LogP contribution in [0.3, 0.4) is 0 Å². The number of hydrogen-bond acceptors (Lipinski definition) is 3. The van der Waals surface area contributed by atoms with E-state index in [0.717, 1.165) is 32.4 Å². The summed E-state index contributed by atoms with van der Waals surface area (Å²) in [4.78, 5) is 29.2. The van der Waals surface area contributed by atoms with Gasteiger partial charge in [0.25, 0.3) is 0 Å². The number of carbonyl (C=O) groups is 2. The van der Waals surface area contributed by atoms with E-state index in [2.05, 4.69) is 4.90 Å². The third-order valence-corrected chi connectivity index (χ3v) is 3.98. The van der Waals surface area contributed by atoms with Crippen molar-refractivity contribution < 1.29 is 14.7 Å². The molecule has 1 unspecified atom stereocenters.